The number of carbonyl (C=O) groups is 1. The number of hydrogen-bond donors (Lipinski definition) is 2. The van der Waals surface area contributed by atoms with E-state index in [0.717, 1.165) is 3.57 Å². The summed E-state index contributed by atoms with van der Waals surface area (Å²) in [7, 11) is 0. The highest BCUT2D eigenvalue weighted by molar-refractivity contribution is 14.1. The molecule has 0 aliphatic heterocycles. The quantitative estimate of drug-likeness (QED) is 0.510. The summed E-state index contributed by atoms with van der Waals surface area (Å²) in [5.74, 6) is -0.492. The first kappa shape index (κ1) is 17.8. The molecule has 0 aliphatic rings. The third kappa shape index (κ3) is 4.97. The molecule has 2 aromatic rings. The summed E-state index contributed by atoms with van der Waals surface area (Å²) in [6.07, 6.45) is 3.81. The number of nitrogens with zero attached hydrogens (tertiary/aromatic N) is 1. The lowest BCUT2D eigenvalue weighted by atomic mass is 10.0. The first-order valence-corrected chi connectivity index (χ1v) is 8.46. The average molecular weight is 428 g/mol. The maximum atomic E-state index is 14.0. The van der Waals surface area contributed by atoms with Crippen LogP contribution in [0.2, 0.25) is 0 Å². The number of ketones is 1. The second-order valence-corrected chi connectivity index (χ2v) is 6.44. The summed E-state index contributed by atoms with van der Waals surface area (Å²) in [5, 5.41) is 12.5. The Morgan fingerprint density at radius 3 is 2.87 bits per heavy atom. The van der Waals surface area contributed by atoms with E-state index in [0.29, 0.717) is 29.8 Å². The molecule has 0 radical (unpaired) electrons. The monoisotopic (exact) mass is 428 g/mol. The number of rotatable bonds is 7. The highest BCUT2D eigenvalue weighted by Gasteiger charge is 2.14. The molecule has 0 saturated heterocycles. The Hall–Kier alpha value is -1.54. The van der Waals surface area contributed by atoms with Crippen molar-refractivity contribution in [1.29, 1.82) is 0 Å². The van der Waals surface area contributed by atoms with E-state index >= 15 is 0 Å². The smallest absolute Gasteiger partial charge is 0.165 e. The molecule has 1 heterocycles. The normalized spacial score (nSPS) is 12.0. The Balaban J connectivity index is 2.18. The van der Waals surface area contributed by atoms with Crippen LogP contribution in [0.3, 0.4) is 0 Å². The maximum absolute atomic E-state index is 14.0. The first-order valence-electron chi connectivity index (χ1n) is 7.38. The van der Waals surface area contributed by atoms with Gasteiger partial charge in [-0.15, -0.1) is 0 Å². The number of pyridine rings is 1. The minimum Gasteiger partial charge on any atom is -0.393 e. The van der Waals surface area contributed by atoms with Gasteiger partial charge in [0.1, 0.15) is 5.82 Å². The van der Waals surface area contributed by atoms with Crippen molar-refractivity contribution in [2.24, 2.45) is 0 Å². The fourth-order valence-electron chi connectivity index (χ4n) is 2.11. The third-order valence-corrected chi connectivity index (χ3v) is 4.17. The van der Waals surface area contributed by atoms with Crippen LogP contribution in [0.4, 0.5) is 15.8 Å². The van der Waals surface area contributed by atoms with Crippen molar-refractivity contribution in [3.63, 3.8) is 0 Å². The van der Waals surface area contributed by atoms with Crippen molar-refractivity contribution in [1.82, 2.24) is 4.98 Å². The summed E-state index contributed by atoms with van der Waals surface area (Å²) in [6, 6.07) is 6.42. The van der Waals surface area contributed by atoms with Crippen LogP contribution in [0.1, 0.15) is 36.5 Å². The molecule has 2 N–H and O–H groups in total. The number of aliphatic hydroxyl groups is 1. The number of halogens is 2. The summed E-state index contributed by atoms with van der Waals surface area (Å²) < 4.78 is 14.8. The average Bonchev–Trinajstić information content (AvgIpc) is 2.55. The van der Waals surface area contributed by atoms with Crippen molar-refractivity contribution in [2.45, 2.75) is 32.3 Å². The zero-order valence-corrected chi connectivity index (χ0v) is 14.9. The molecular weight excluding hydrogens is 410 g/mol. The van der Waals surface area contributed by atoms with Gasteiger partial charge in [-0.1, -0.05) is 6.92 Å². The summed E-state index contributed by atoms with van der Waals surface area (Å²) >= 11 is 2.03. The topological polar surface area (TPSA) is 62.2 Å². The fraction of sp³-hybridized carbons (Fsp3) is 0.294. The number of carbonyl (C=O) groups excluding carboxylic acids is 1. The molecule has 122 valence electrons. The Kier molecular flexibility index (Phi) is 6.47. The minimum absolute atomic E-state index is 0.103. The predicted molar refractivity (Wildman–Crippen MR) is 96.5 cm³/mol. The van der Waals surface area contributed by atoms with Crippen LogP contribution in [0.5, 0.6) is 0 Å². The molecule has 4 nitrogen and oxygen atoms in total. The number of benzene rings is 1. The van der Waals surface area contributed by atoms with Gasteiger partial charge in [0, 0.05) is 21.8 Å². The Labute approximate surface area is 148 Å². The molecule has 0 fully saturated rings. The van der Waals surface area contributed by atoms with Crippen molar-refractivity contribution in [3.8, 4) is 0 Å². The van der Waals surface area contributed by atoms with E-state index in [1.807, 2.05) is 29.5 Å². The van der Waals surface area contributed by atoms with E-state index in [1.165, 1.54) is 18.5 Å². The molecular formula is C17H18FIN2O2. The number of nitrogens with one attached hydrogen (secondary N) is 1. The lowest BCUT2D eigenvalue weighted by Gasteiger charge is -2.12. The van der Waals surface area contributed by atoms with Crippen LogP contribution in [0, 0.1) is 9.39 Å². The maximum Gasteiger partial charge on any atom is 0.165 e. The molecule has 1 atom stereocenters. The zero-order valence-electron chi connectivity index (χ0n) is 12.7. The first-order chi connectivity index (χ1) is 11.0. The molecule has 0 unspecified atom stereocenters. The Bertz CT molecular complexity index is 694. The lowest BCUT2D eigenvalue weighted by molar-refractivity contribution is 0.0938. The number of aliphatic hydroxyl groups excluding tert-OH is 1. The van der Waals surface area contributed by atoms with Crippen LogP contribution in [0.25, 0.3) is 0 Å². The largest absolute Gasteiger partial charge is 0.393 e. The molecule has 0 spiro atoms. The molecule has 1 aromatic carbocycles. The van der Waals surface area contributed by atoms with E-state index in [4.69, 9.17) is 0 Å². The molecule has 2 rings (SSSR count). The standard InChI is InChI=1S/C17H18FIN2O2/c1-2-12(22)4-6-17(23)13-7-8-20-10-16(13)21-15-5-3-11(19)9-14(15)18/h3,5,7-10,12,21-22H,2,4,6H2,1H3/t12-/m1/s1. The van der Waals surface area contributed by atoms with Gasteiger partial charge in [0.15, 0.2) is 5.78 Å². The van der Waals surface area contributed by atoms with Crippen molar-refractivity contribution >= 4 is 39.7 Å². The fourth-order valence-corrected chi connectivity index (χ4v) is 2.56. The number of hydrogen-bond acceptors (Lipinski definition) is 4. The summed E-state index contributed by atoms with van der Waals surface area (Å²) in [4.78, 5) is 16.3. The van der Waals surface area contributed by atoms with Gasteiger partial charge in [-0.2, -0.15) is 0 Å². The van der Waals surface area contributed by atoms with Crippen LogP contribution < -0.4 is 5.32 Å². The number of Topliss-reactive ketones (excluding diaryl/α,β-unsaturated/α-hetero) is 1. The van der Waals surface area contributed by atoms with Crippen molar-refractivity contribution in [3.05, 3.63) is 51.6 Å². The summed E-state index contributed by atoms with van der Waals surface area (Å²) in [6.45, 7) is 1.87. The molecule has 23 heavy (non-hydrogen) atoms. The molecule has 0 bridgehead atoms. The van der Waals surface area contributed by atoms with E-state index in [-0.39, 0.29) is 18.0 Å². The van der Waals surface area contributed by atoms with Crippen molar-refractivity contribution in [2.75, 3.05) is 5.32 Å². The van der Waals surface area contributed by atoms with E-state index in [9.17, 15) is 14.3 Å². The van der Waals surface area contributed by atoms with Gasteiger partial charge in [0.25, 0.3) is 0 Å². The van der Waals surface area contributed by atoms with Crippen LogP contribution >= 0.6 is 22.6 Å². The van der Waals surface area contributed by atoms with Crippen LogP contribution in [-0.4, -0.2) is 22.0 Å². The molecule has 0 aliphatic carbocycles. The van der Waals surface area contributed by atoms with Gasteiger partial charge in [0.2, 0.25) is 0 Å². The van der Waals surface area contributed by atoms with Gasteiger partial charge in [0.05, 0.1) is 23.7 Å². The van der Waals surface area contributed by atoms with Crippen LogP contribution in [-0.2, 0) is 0 Å². The third-order valence-electron chi connectivity index (χ3n) is 3.50. The SMILES string of the molecule is CC[C@@H](O)CCC(=O)c1ccncc1Nc1ccc(I)cc1F. The molecule has 6 heteroatoms. The van der Waals surface area contributed by atoms with Crippen LogP contribution in [0.15, 0.2) is 36.7 Å². The Morgan fingerprint density at radius 2 is 2.17 bits per heavy atom. The zero-order chi connectivity index (χ0) is 16.8. The second kappa shape index (κ2) is 8.35. The van der Waals surface area contributed by atoms with Gasteiger partial charge in [-0.25, -0.2) is 4.39 Å². The minimum atomic E-state index is -0.481. The molecule has 0 saturated carbocycles. The van der Waals surface area contributed by atoms with Gasteiger partial charge < -0.3 is 10.4 Å². The molecule has 1 aromatic heterocycles. The van der Waals surface area contributed by atoms with Crippen molar-refractivity contribution < 1.29 is 14.3 Å². The lowest BCUT2D eigenvalue weighted by Crippen LogP contribution is -2.10. The van der Waals surface area contributed by atoms with E-state index in [2.05, 4.69) is 10.3 Å². The second-order valence-electron chi connectivity index (χ2n) is 5.19. The number of aromatic nitrogens is 1. The molecule has 0 amide bonds. The highest BCUT2D eigenvalue weighted by Crippen LogP contribution is 2.25. The van der Waals surface area contributed by atoms with E-state index in [1.54, 1.807) is 18.2 Å². The summed E-state index contributed by atoms with van der Waals surface area (Å²) in [5.41, 5.74) is 1.20. The number of anilines is 2. The highest BCUT2D eigenvalue weighted by atomic mass is 127. The predicted octanol–water partition coefficient (Wildman–Crippen LogP) is 4.30. The van der Waals surface area contributed by atoms with E-state index < -0.39 is 6.10 Å². The van der Waals surface area contributed by atoms with Gasteiger partial charge in [-0.05, 0) is 59.7 Å². The Morgan fingerprint density at radius 1 is 1.39 bits per heavy atom. The van der Waals surface area contributed by atoms with Gasteiger partial charge in [-0.3, -0.25) is 9.78 Å². The van der Waals surface area contributed by atoms with Gasteiger partial charge >= 0.3 is 0 Å².